The van der Waals surface area contributed by atoms with Crippen LogP contribution in [0.25, 0.3) is 10.9 Å². The summed E-state index contributed by atoms with van der Waals surface area (Å²) in [5.41, 5.74) is 2.02. The summed E-state index contributed by atoms with van der Waals surface area (Å²) in [6.45, 7) is 7.94. The standard InChI is InChI=1S/C32H44N6O2S/c1-21(39)38-28(32(2,3)41-30(38)25-12-8-10-14-27(25)40-6)20-33-19-22-15-17-23(18-16-22)34-31-35-26-13-9-7-11-24(26)29(36-31)37(4)5/h7-14,22-23,28,30,33H,15-20H2,1-6H3,(H,34,35,36)/t22-,23+,28-,30-/m0/s1. The van der Waals surface area contributed by atoms with Crippen molar-refractivity contribution in [3.8, 4) is 5.75 Å². The smallest absolute Gasteiger partial charge is 0.225 e. The number of fused-ring (bicyclic) bond motifs is 1. The fraction of sp³-hybridized carbons (Fsp3) is 0.531. The van der Waals surface area contributed by atoms with Gasteiger partial charge in [0.1, 0.15) is 16.9 Å². The molecule has 2 aromatic carbocycles. The predicted octanol–water partition coefficient (Wildman–Crippen LogP) is 5.71. The van der Waals surface area contributed by atoms with Crippen molar-refractivity contribution in [1.82, 2.24) is 20.2 Å². The molecule has 2 heterocycles. The number of methoxy groups -OCH3 is 1. The molecule has 1 saturated heterocycles. The molecule has 220 valence electrons. The van der Waals surface area contributed by atoms with Gasteiger partial charge in [0.15, 0.2) is 0 Å². The van der Waals surface area contributed by atoms with Crippen molar-refractivity contribution in [1.29, 1.82) is 0 Å². The second-order valence-electron chi connectivity index (χ2n) is 12.1. The monoisotopic (exact) mass is 576 g/mol. The fourth-order valence-electron chi connectivity index (χ4n) is 6.32. The van der Waals surface area contributed by atoms with Gasteiger partial charge in [0.2, 0.25) is 11.9 Å². The molecule has 1 saturated carbocycles. The second kappa shape index (κ2) is 12.4. The Bertz CT molecular complexity index is 1360. The largest absolute Gasteiger partial charge is 0.496 e. The normalized spacial score (nSPS) is 23.9. The first-order valence-electron chi connectivity index (χ1n) is 14.7. The highest BCUT2D eigenvalue weighted by Gasteiger charge is 2.49. The molecule has 5 rings (SSSR count). The quantitative estimate of drug-likeness (QED) is 0.336. The Hall–Kier alpha value is -3.04. The molecule has 2 N–H and O–H groups in total. The molecule has 1 aliphatic heterocycles. The van der Waals surface area contributed by atoms with Crippen LogP contribution in [0, 0.1) is 5.92 Å². The Morgan fingerprint density at radius 1 is 1.05 bits per heavy atom. The van der Waals surface area contributed by atoms with Crippen LogP contribution in [0.1, 0.15) is 57.4 Å². The summed E-state index contributed by atoms with van der Waals surface area (Å²) >= 11 is 1.85. The van der Waals surface area contributed by atoms with E-state index in [9.17, 15) is 4.79 Å². The number of amides is 1. The summed E-state index contributed by atoms with van der Waals surface area (Å²) in [6, 6.07) is 16.7. The molecule has 9 heteroatoms. The summed E-state index contributed by atoms with van der Waals surface area (Å²) < 4.78 is 5.56. The van der Waals surface area contributed by atoms with Gasteiger partial charge in [0.05, 0.1) is 18.7 Å². The van der Waals surface area contributed by atoms with Crippen molar-refractivity contribution in [2.45, 2.75) is 68.7 Å². The first-order chi connectivity index (χ1) is 19.7. The molecule has 2 atom stereocenters. The number of para-hydroxylation sites is 2. The Labute approximate surface area is 248 Å². The summed E-state index contributed by atoms with van der Waals surface area (Å²) in [4.78, 5) is 26.7. The average molecular weight is 577 g/mol. The maximum absolute atomic E-state index is 12.9. The van der Waals surface area contributed by atoms with Crippen LogP contribution in [0.3, 0.4) is 0 Å². The number of nitrogens with one attached hydrogen (secondary N) is 2. The van der Waals surface area contributed by atoms with Crippen LogP contribution in [0.2, 0.25) is 0 Å². The van der Waals surface area contributed by atoms with Gasteiger partial charge in [-0.05, 0) is 70.2 Å². The van der Waals surface area contributed by atoms with Gasteiger partial charge in [-0.25, -0.2) is 4.98 Å². The van der Waals surface area contributed by atoms with Crippen LogP contribution < -0.4 is 20.3 Å². The number of carbonyl (C=O) groups is 1. The van der Waals surface area contributed by atoms with Crippen LogP contribution in [-0.4, -0.2) is 71.9 Å². The average Bonchev–Trinajstić information content (AvgIpc) is 3.23. The summed E-state index contributed by atoms with van der Waals surface area (Å²) in [6.07, 6.45) is 4.50. The van der Waals surface area contributed by atoms with Crippen LogP contribution in [0.5, 0.6) is 5.75 Å². The Morgan fingerprint density at radius 3 is 2.46 bits per heavy atom. The number of aromatic nitrogens is 2. The van der Waals surface area contributed by atoms with Gasteiger partial charge in [-0.1, -0.05) is 30.3 Å². The zero-order chi connectivity index (χ0) is 29.1. The number of carbonyl (C=O) groups excluding carboxylic acids is 1. The minimum absolute atomic E-state index is 0.0581. The Kier molecular flexibility index (Phi) is 8.94. The van der Waals surface area contributed by atoms with Gasteiger partial charge in [0, 0.05) is 49.3 Å². The van der Waals surface area contributed by atoms with E-state index in [1.807, 2.05) is 67.2 Å². The summed E-state index contributed by atoms with van der Waals surface area (Å²) in [7, 11) is 5.74. The molecule has 0 bridgehead atoms. The van der Waals surface area contributed by atoms with E-state index in [1.165, 1.54) is 0 Å². The van der Waals surface area contributed by atoms with E-state index in [-0.39, 0.29) is 22.1 Å². The molecule has 2 fully saturated rings. The highest BCUT2D eigenvalue weighted by molar-refractivity contribution is 8.01. The lowest BCUT2D eigenvalue weighted by Crippen LogP contribution is -2.50. The van der Waals surface area contributed by atoms with Gasteiger partial charge in [-0.2, -0.15) is 4.98 Å². The number of thioether (sulfide) groups is 1. The second-order valence-corrected chi connectivity index (χ2v) is 13.8. The van der Waals surface area contributed by atoms with Crippen LogP contribution in [-0.2, 0) is 4.79 Å². The highest BCUT2D eigenvalue weighted by atomic mass is 32.2. The molecule has 0 spiro atoms. The molecule has 2 aliphatic rings. The van der Waals surface area contributed by atoms with E-state index in [0.29, 0.717) is 17.9 Å². The van der Waals surface area contributed by atoms with E-state index in [1.54, 1.807) is 14.0 Å². The summed E-state index contributed by atoms with van der Waals surface area (Å²) in [5.74, 6) is 3.21. The van der Waals surface area contributed by atoms with Gasteiger partial charge >= 0.3 is 0 Å². The van der Waals surface area contributed by atoms with Crippen molar-refractivity contribution >= 4 is 40.3 Å². The first kappa shape index (κ1) is 29.5. The molecule has 1 aliphatic carbocycles. The number of anilines is 2. The van der Waals surface area contributed by atoms with Gasteiger partial charge in [0.25, 0.3) is 0 Å². The SMILES string of the molecule is COc1ccccc1[C@@H]1SC(C)(C)[C@H](CNC[C@H]2CC[C@@H](Nc3nc(N(C)C)c4ccccc4n3)CC2)N1C(C)=O. The van der Waals surface area contributed by atoms with E-state index in [2.05, 4.69) is 41.5 Å². The molecule has 41 heavy (non-hydrogen) atoms. The number of benzene rings is 2. The third kappa shape index (κ3) is 6.41. The lowest BCUT2D eigenvalue weighted by molar-refractivity contribution is -0.131. The number of hydrogen-bond donors (Lipinski definition) is 2. The summed E-state index contributed by atoms with van der Waals surface area (Å²) in [5, 5.41) is 8.39. The van der Waals surface area contributed by atoms with E-state index >= 15 is 0 Å². The van der Waals surface area contributed by atoms with Crippen molar-refractivity contribution in [3.63, 3.8) is 0 Å². The molecule has 1 aromatic heterocycles. The number of hydrogen-bond acceptors (Lipinski definition) is 8. The fourth-order valence-corrected chi connectivity index (χ4v) is 7.98. The third-order valence-electron chi connectivity index (χ3n) is 8.53. The maximum Gasteiger partial charge on any atom is 0.225 e. The molecular formula is C32H44N6O2S. The van der Waals surface area contributed by atoms with Crippen LogP contribution in [0.4, 0.5) is 11.8 Å². The van der Waals surface area contributed by atoms with Crippen molar-refractivity contribution < 1.29 is 9.53 Å². The minimum atomic E-state index is -0.0863. The zero-order valence-corrected chi connectivity index (χ0v) is 26.0. The predicted molar refractivity (Wildman–Crippen MR) is 170 cm³/mol. The van der Waals surface area contributed by atoms with Gasteiger partial charge < -0.3 is 25.2 Å². The van der Waals surface area contributed by atoms with Gasteiger partial charge in [-0.3, -0.25) is 4.79 Å². The van der Waals surface area contributed by atoms with Crippen molar-refractivity contribution in [2.24, 2.45) is 5.92 Å². The topological polar surface area (TPSA) is 82.6 Å². The van der Waals surface area contributed by atoms with Crippen molar-refractivity contribution in [2.75, 3.05) is 44.5 Å². The van der Waals surface area contributed by atoms with Gasteiger partial charge in [-0.15, -0.1) is 11.8 Å². The zero-order valence-electron chi connectivity index (χ0n) is 25.2. The van der Waals surface area contributed by atoms with E-state index < -0.39 is 0 Å². The maximum atomic E-state index is 12.9. The lowest BCUT2D eigenvalue weighted by Gasteiger charge is -2.34. The first-order valence-corrected chi connectivity index (χ1v) is 15.6. The molecular weight excluding hydrogens is 532 g/mol. The molecule has 0 unspecified atom stereocenters. The lowest BCUT2D eigenvalue weighted by atomic mass is 9.86. The van der Waals surface area contributed by atoms with Crippen LogP contribution >= 0.6 is 11.8 Å². The Morgan fingerprint density at radius 2 is 1.76 bits per heavy atom. The molecule has 3 aromatic rings. The number of rotatable bonds is 9. The molecule has 0 radical (unpaired) electrons. The number of ether oxygens (including phenoxy) is 1. The van der Waals surface area contributed by atoms with E-state index in [0.717, 1.165) is 66.8 Å². The molecule has 1 amide bonds. The van der Waals surface area contributed by atoms with E-state index in [4.69, 9.17) is 14.7 Å². The van der Waals surface area contributed by atoms with Crippen molar-refractivity contribution in [3.05, 3.63) is 54.1 Å². The third-order valence-corrected chi connectivity index (χ3v) is 10.1. The number of nitrogens with zero attached hydrogens (tertiary/aromatic N) is 4. The minimum Gasteiger partial charge on any atom is -0.496 e. The Balaban J connectivity index is 1.16. The van der Waals surface area contributed by atoms with Crippen LogP contribution in [0.15, 0.2) is 48.5 Å². The highest BCUT2D eigenvalue weighted by Crippen LogP contribution is 2.53. The molecule has 8 nitrogen and oxygen atoms in total.